The lowest BCUT2D eigenvalue weighted by Gasteiger charge is -2.46. The van der Waals surface area contributed by atoms with Gasteiger partial charge in [0.1, 0.15) is 0 Å². The zero-order valence-corrected chi connectivity index (χ0v) is 15.3. The monoisotopic (exact) mass is 311 g/mol. The van der Waals surface area contributed by atoms with Crippen molar-refractivity contribution in [2.24, 2.45) is 5.92 Å². The summed E-state index contributed by atoms with van der Waals surface area (Å²) in [5, 5.41) is 9.66. The van der Waals surface area contributed by atoms with Crippen LogP contribution < -0.4 is 16.0 Å². The Kier molecular flexibility index (Phi) is 7.67. The number of amides is 2. The van der Waals surface area contributed by atoms with E-state index in [-0.39, 0.29) is 17.1 Å². The van der Waals surface area contributed by atoms with Crippen molar-refractivity contribution >= 4 is 6.03 Å². The molecule has 3 N–H and O–H groups in total. The fraction of sp³-hybridized carbons (Fsp3) is 0.944. The number of carbonyl (C=O) groups is 1. The van der Waals surface area contributed by atoms with Crippen LogP contribution in [0.4, 0.5) is 4.79 Å². The number of hydrogen-bond donors (Lipinski definition) is 3. The fourth-order valence-electron chi connectivity index (χ4n) is 3.94. The molecule has 0 aliphatic carbocycles. The molecule has 4 nitrogen and oxygen atoms in total. The van der Waals surface area contributed by atoms with Crippen LogP contribution >= 0.6 is 0 Å². The minimum atomic E-state index is -0.0102. The molecular formula is C18H37N3O. The Hall–Kier alpha value is -0.770. The van der Waals surface area contributed by atoms with Crippen LogP contribution in [0.5, 0.6) is 0 Å². The lowest BCUT2D eigenvalue weighted by molar-refractivity contribution is 0.124. The molecule has 130 valence electrons. The average Bonchev–Trinajstić information content (AvgIpc) is 2.34. The van der Waals surface area contributed by atoms with Crippen molar-refractivity contribution < 1.29 is 4.79 Å². The molecule has 1 heterocycles. The maximum atomic E-state index is 11.7. The van der Waals surface area contributed by atoms with Crippen molar-refractivity contribution in [1.29, 1.82) is 0 Å². The molecule has 0 bridgehead atoms. The van der Waals surface area contributed by atoms with Gasteiger partial charge >= 0.3 is 6.03 Å². The van der Waals surface area contributed by atoms with Crippen LogP contribution in [-0.4, -0.2) is 30.2 Å². The van der Waals surface area contributed by atoms with Gasteiger partial charge in [0.25, 0.3) is 0 Å². The predicted octanol–water partition coefficient (Wildman–Crippen LogP) is 3.81. The molecule has 0 aromatic carbocycles. The largest absolute Gasteiger partial charge is 0.338 e. The summed E-state index contributed by atoms with van der Waals surface area (Å²) < 4.78 is 0. The van der Waals surface area contributed by atoms with E-state index in [4.69, 9.17) is 0 Å². The summed E-state index contributed by atoms with van der Waals surface area (Å²) in [5.74, 6) is 0.677. The summed E-state index contributed by atoms with van der Waals surface area (Å²) in [6.07, 6.45) is 8.19. The summed E-state index contributed by atoms with van der Waals surface area (Å²) in [4.78, 5) is 11.7. The second kappa shape index (κ2) is 8.76. The summed E-state index contributed by atoms with van der Waals surface area (Å²) in [5.41, 5.74) is 0.377. The zero-order valence-electron chi connectivity index (χ0n) is 15.3. The van der Waals surface area contributed by atoms with Gasteiger partial charge in [-0.15, -0.1) is 0 Å². The standard InChI is InChI=1S/C18H37N3O/c1-6-7-8-9-11-19-16(22)20-12-10-15-13-17(2,3)21-18(4,5)14-15/h15,21H,6-14H2,1-5H3,(H2,19,20,22). The molecule has 0 radical (unpaired) electrons. The van der Waals surface area contributed by atoms with E-state index in [1.54, 1.807) is 0 Å². The van der Waals surface area contributed by atoms with Gasteiger partial charge in [-0.25, -0.2) is 4.79 Å². The number of hydrogen-bond acceptors (Lipinski definition) is 2. The smallest absolute Gasteiger partial charge is 0.314 e. The molecule has 1 rings (SSSR count). The van der Waals surface area contributed by atoms with E-state index in [2.05, 4.69) is 50.6 Å². The van der Waals surface area contributed by atoms with Crippen molar-refractivity contribution in [3.8, 4) is 0 Å². The van der Waals surface area contributed by atoms with Gasteiger partial charge in [-0.1, -0.05) is 26.2 Å². The first kappa shape index (κ1) is 19.3. The molecule has 1 saturated heterocycles. The van der Waals surface area contributed by atoms with E-state index in [1.807, 2.05) is 0 Å². The highest BCUT2D eigenvalue weighted by Crippen LogP contribution is 2.34. The molecule has 1 aliphatic heterocycles. The van der Waals surface area contributed by atoms with Crippen LogP contribution in [0.25, 0.3) is 0 Å². The van der Waals surface area contributed by atoms with Gasteiger partial charge in [-0.2, -0.15) is 0 Å². The molecule has 0 spiro atoms. The molecule has 0 saturated carbocycles. The van der Waals surface area contributed by atoms with E-state index < -0.39 is 0 Å². The van der Waals surface area contributed by atoms with Crippen molar-refractivity contribution in [3.05, 3.63) is 0 Å². The summed E-state index contributed by atoms with van der Waals surface area (Å²) in [6.45, 7) is 12.9. The van der Waals surface area contributed by atoms with Crippen LogP contribution in [-0.2, 0) is 0 Å². The molecule has 1 fully saturated rings. The highest BCUT2D eigenvalue weighted by atomic mass is 16.2. The zero-order chi connectivity index (χ0) is 16.6. The maximum Gasteiger partial charge on any atom is 0.314 e. The van der Waals surface area contributed by atoms with E-state index >= 15 is 0 Å². The van der Waals surface area contributed by atoms with Crippen molar-refractivity contribution in [2.75, 3.05) is 13.1 Å². The van der Waals surface area contributed by atoms with Gasteiger partial charge in [-0.3, -0.25) is 0 Å². The highest BCUT2D eigenvalue weighted by Gasteiger charge is 2.37. The number of piperidine rings is 1. The normalized spacial score (nSPS) is 20.6. The Morgan fingerprint density at radius 1 is 1.00 bits per heavy atom. The fourth-order valence-corrected chi connectivity index (χ4v) is 3.94. The molecule has 0 aromatic rings. The minimum absolute atomic E-state index is 0.0102. The Morgan fingerprint density at radius 2 is 1.59 bits per heavy atom. The Balaban J connectivity index is 2.16. The lowest BCUT2D eigenvalue weighted by Crippen LogP contribution is -2.58. The summed E-state index contributed by atoms with van der Waals surface area (Å²) in [7, 11) is 0. The van der Waals surface area contributed by atoms with Crippen LogP contribution in [0, 0.1) is 5.92 Å². The van der Waals surface area contributed by atoms with Crippen LogP contribution in [0.15, 0.2) is 0 Å². The Labute approximate surface area is 137 Å². The number of rotatable bonds is 8. The third kappa shape index (κ3) is 8.02. The van der Waals surface area contributed by atoms with E-state index in [1.165, 1.54) is 32.1 Å². The first-order chi connectivity index (χ1) is 10.2. The lowest BCUT2D eigenvalue weighted by atomic mass is 9.75. The molecule has 2 amide bonds. The van der Waals surface area contributed by atoms with Gasteiger partial charge in [0.15, 0.2) is 0 Å². The van der Waals surface area contributed by atoms with Gasteiger partial charge < -0.3 is 16.0 Å². The second-order valence-corrected chi connectivity index (χ2v) is 8.20. The van der Waals surface area contributed by atoms with Gasteiger partial charge in [0.05, 0.1) is 0 Å². The topological polar surface area (TPSA) is 53.2 Å². The van der Waals surface area contributed by atoms with Gasteiger partial charge in [0.2, 0.25) is 0 Å². The van der Waals surface area contributed by atoms with Crippen LogP contribution in [0.2, 0.25) is 0 Å². The number of carbonyl (C=O) groups excluding carboxylic acids is 1. The van der Waals surface area contributed by atoms with E-state index in [9.17, 15) is 4.79 Å². The van der Waals surface area contributed by atoms with Crippen LogP contribution in [0.3, 0.4) is 0 Å². The Bertz CT molecular complexity index is 323. The summed E-state index contributed by atoms with van der Waals surface area (Å²) >= 11 is 0. The van der Waals surface area contributed by atoms with Crippen molar-refractivity contribution in [2.45, 2.75) is 90.6 Å². The highest BCUT2D eigenvalue weighted by molar-refractivity contribution is 5.73. The molecular weight excluding hydrogens is 274 g/mol. The second-order valence-electron chi connectivity index (χ2n) is 8.20. The number of nitrogens with one attached hydrogen (secondary N) is 3. The van der Waals surface area contributed by atoms with Gasteiger partial charge in [0, 0.05) is 24.2 Å². The Morgan fingerprint density at radius 3 is 2.18 bits per heavy atom. The summed E-state index contributed by atoms with van der Waals surface area (Å²) in [6, 6.07) is -0.0102. The molecule has 0 unspecified atom stereocenters. The molecule has 22 heavy (non-hydrogen) atoms. The first-order valence-corrected chi connectivity index (χ1v) is 9.05. The van der Waals surface area contributed by atoms with Crippen LogP contribution in [0.1, 0.15) is 79.6 Å². The average molecular weight is 312 g/mol. The molecule has 0 aromatic heterocycles. The molecule has 4 heteroatoms. The first-order valence-electron chi connectivity index (χ1n) is 9.05. The predicted molar refractivity (Wildman–Crippen MR) is 94.2 cm³/mol. The van der Waals surface area contributed by atoms with E-state index in [0.29, 0.717) is 5.92 Å². The van der Waals surface area contributed by atoms with Gasteiger partial charge in [-0.05, 0) is 59.3 Å². The van der Waals surface area contributed by atoms with Crippen molar-refractivity contribution in [3.63, 3.8) is 0 Å². The minimum Gasteiger partial charge on any atom is -0.338 e. The van der Waals surface area contributed by atoms with Crippen molar-refractivity contribution in [1.82, 2.24) is 16.0 Å². The molecule has 1 aliphatic rings. The maximum absolute atomic E-state index is 11.7. The third-order valence-electron chi connectivity index (χ3n) is 4.43. The third-order valence-corrected chi connectivity index (χ3v) is 4.43. The molecule has 0 atom stereocenters. The van der Waals surface area contributed by atoms with E-state index in [0.717, 1.165) is 25.9 Å². The number of urea groups is 1. The quantitative estimate of drug-likeness (QED) is 0.597. The number of unbranched alkanes of at least 4 members (excludes halogenated alkanes) is 3. The SMILES string of the molecule is CCCCCCNC(=O)NCCC1CC(C)(C)NC(C)(C)C1.